The van der Waals surface area contributed by atoms with Crippen LogP contribution in [0.3, 0.4) is 0 Å². The molecule has 0 aromatic heterocycles. The normalized spacial score (nSPS) is 12.5. The van der Waals surface area contributed by atoms with Crippen molar-refractivity contribution in [3.8, 4) is 0 Å². The summed E-state index contributed by atoms with van der Waals surface area (Å²) in [5.74, 6) is -0.792. The fraction of sp³-hybridized carbons (Fsp3) is 0.235. The van der Waals surface area contributed by atoms with Gasteiger partial charge < -0.3 is 5.32 Å². The first-order valence-electron chi connectivity index (χ1n) is 7.35. The van der Waals surface area contributed by atoms with E-state index in [0.717, 1.165) is 16.1 Å². The maximum absolute atomic E-state index is 12.9. The molecule has 0 saturated heterocycles. The Kier molecular flexibility index (Phi) is 5.56. The number of nitrogens with one attached hydrogen (secondary N) is 1. The Balaban J connectivity index is 2.13. The van der Waals surface area contributed by atoms with E-state index in [1.165, 1.54) is 19.1 Å². The van der Waals surface area contributed by atoms with E-state index >= 15 is 0 Å². The number of anilines is 1. The van der Waals surface area contributed by atoms with Crippen molar-refractivity contribution in [1.29, 1.82) is 0 Å². The van der Waals surface area contributed by atoms with Gasteiger partial charge in [0.05, 0.1) is 11.9 Å². The number of sulfonamides is 1. The van der Waals surface area contributed by atoms with Crippen molar-refractivity contribution in [3.05, 3.63) is 66.0 Å². The molecule has 0 spiro atoms. The summed E-state index contributed by atoms with van der Waals surface area (Å²) in [7, 11) is -3.63. The number of carbonyl (C=O) groups excluding carboxylic acids is 1. The molecule has 1 N–H and O–H groups in total. The minimum absolute atomic E-state index is 0.190. The lowest BCUT2D eigenvalue weighted by Gasteiger charge is -2.28. The molecule has 7 heteroatoms. The third-order valence-electron chi connectivity index (χ3n) is 3.48. The van der Waals surface area contributed by atoms with Crippen molar-refractivity contribution in [2.75, 3.05) is 10.6 Å². The molecule has 0 radical (unpaired) electrons. The van der Waals surface area contributed by atoms with Gasteiger partial charge >= 0.3 is 0 Å². The summed E-state index contributed by atoms with van der Waals surface area (Å²) in [6.45, 7) is 1.71. The summed E-state index contributed by atoms with van der Waals surface area (Å²) in [4.78, 5) is 12.4. The van der Waals surface area contributed by atoms with E-state index in [4.69, 9.17) is 0 Å². The van der Waals surface area contributed by atoms with Crippen LogP contribution in [0.25, 0.3) is 0 Å². The van der Waals surface area contributed by atoms with Crippen molar-refractivity contribution < 1.29 is 17.6 Å². The molecule has 2 aromatic carbocycles. The molecule has 0 aliphatic heterocycles. The van der Waals surface area contributed by atoms with Gasteiger partial charge in [-0.15, -0.1) is 0 Å². The molecule has 0 fully saturated rings. The minimum atomic E-state index is -3.63. The Morgan fingerprint density at radius 1 is 1.12 bits per heavy atom. The maximum Gasteiger partial charge on any atom is 0.243 e. The molecule has 0 aliphatic rings. The maximum atomic E-state index is 12.9. The SMILES string of the molecule is C[C@H](C(=O)NCc1ccc(F)cc1)N(c1ccccc1)S(C)(=O)=O. The third kappa shape index (κ3) is 4.55. The first-order valence-corrected chi connectivity index (χ1v) is 9.20. The number of rotatable bonds is 6. The lowest BCUT2D eigenvalue weighted by molar-refractivity contribution is -0.122. The fourth-order valence-corrected chi connectivity index (χ4v) is 3.50. The van der Waals surface area contributed by atoms with Crippen LogP contribution in [-0.4, -0.2) is 26.6 Å². The summed E-state index contributed by atoms with van der Waals surface area (Å²) in [5, 5.41) is 2.67. The molecule has 0 heterocycles. The summed E-state index contributed by atoms with van der Waals surface area (Å²) < 4.78 is 38.1. The highest BCUT2D eigenvalue weighted by atomic mass is 32.2. The number of hydrogen-bond donors (Lipinski definition) is 1. The number of benzene rings is 2. The van der Waals surface area contributed by atoms with Gasteiger partial charge in [0.25, 0.3) is 0 Å². The van der Waals surface area contributed by atoms with Crippen LogP contribution in [0.2, 0.25) is 0 Å². The van der Waals surface area contributed by atoms with Crippen LogP contribution in [0, 0.1) is 5.82 Å². The van der Waals surface area contributed by atoms with Crippen LogP contribution in [0.4, 0.5) is 10.1 Å². The molecular weight excluding hydrogens is 331 g/mol. The smallest absolute Gasteiger partial charge is 0.243 e. The van der Waals surface area contributed by atoms with Crippen molar-refractivity contribution in [3.63, 3.8) is 0 Å². The summed E-state index contributed by atoms with van der Waals surface area (Å²) >= 11 is 0. The minimum Gasteiger partial charge on any atom is -0.350 e. The second-order valence-corrected chi connectivity index (χ2v) is 7.27. The summed E-state index contributed by atoms with van der Waals surface area (Å²) in [5.41, 5.74) is 1.15. The number of hydrogen-bond acceptors (Lipinski definition) is 3. The fourth-order valence-electron chi connectivity index (χ4n) is 2.32. The molecule has 5 nitrogen and oxygen atoms in total. The molecule has 0 bridgehead atoms. The third-order valence-corrected chi connectivity index (χ3v) is 4.72. The molecule has 1 amide bonds. The summed E-state index contributed by atoms with van der Waals surface area (Å²) in [6, 6.07) is 13.3. The number of nitrogens with zero attached hydrogens (tertiary/aromatic N) is 1. The van der Waals surface area contributed by atoms with Crippen LogP contribution >= 0.6 is 0 Å². The molecule has 0 unspecified atom stereocenters. The number of halogens is 1. The van der Waals surface area contributed by atoms with E-state index in [1.54, 1.807) is 42.5 Å². The average Bonchev–Trinajstić information content (AvgIpc) is 2.54. The zero-order valence-electron chi connectivity index (χ0n) is 13.4. The van der Waals surface area contributed by atoms with Gasteiger partial charge in [-0.2, -0.15) is 0 Å². The lowest BCUT2D eigenvalue weighted by Crippen LogP contribution is -2.47. The molecule has 0 saturated carbocycles. The average molecular weight is 350 g/mol. The van der Waals surface area contributed by atoms with Gasteiger partial charge in [-0.1, -0.05) is 30.3 Å². The quantitative estimate of drug-likeness (QED) is 0.869. The van der Waals surface area contributed by atoms with Gasteiger partial charge in [-0.05, 0) is 36.8 Å². The number of para-hydroxylation sites is 1. The number of amides is 1. The highest BCUT2D eigenvalue weighted by Crippen LogP contribution is 2.20. The Hall–Kier alpha value is -2.41. The van der Waals surface area contributed by atoms with Crippen LogP contribution in [0.1, 0.15) is 12.5 Å². The first-order chi connectivity index (χ1) is 11.3. The van der Waals surface area contributed by atoms with E-state index in [9.17, 15) is 17.6 Å². The van der Waals surface area contributed by atoms with Crippen molar-refractivity contribution in [2.24, 2.45) is 0 Å². The van der Waals surface area contributed by atoms with E-state index < -0.39 is 22.0 Å². The van der Waals surface area contributed by atoms with Gasteiger partial charge in [0, 0.05) is 6.54 Å². The topological polar surface area (TPSA) is 66.5 Å². The Morgan fingerprint density at radius 2 is 1.71 bits per heavy atom. The van der Waals surface area contributed by atoms with E-state index in [2.05, 4.69) is 5.32 Å². The van der Waals surface area contributed by atoms with Gasteiger partial charge in [0.2, 0.25) is 15.9 Å². The Bertz CT molecular complexity index is 792. The Morgan fingerprint density at radius 3 is 2.25 bits per heavy atom. The molecule has 2 rings (SSSR count). The van der Waals surface area contributed by atoms with Crippen molar-refractivity contribution >= 4 is 21.6 Å². The van der Waals surface area contributed by atoms with E-state index in [0.29, 0.717) is 5.69 Å². The second-order valence-electron chi connectivity index (χ2n) is 5.41. The van der Waals surface area contributed by atoms with Crippen molar-refractivity contribution in [1.82, 2.24) is 5.32 Å². The predicted octanol–water partition coefficient (Wildman–Crippen LogP) is 2.30. The summed E-state index contributed by atoms with van der Waals surface area (Å²) in [6.07, 6.45) is 1.06. The lowest BCUT2D eigenvalue weighted by atomic mass is 10.2. The predicted molar refractivity (Wildman–Crippen MR) is 91.5 cm³/mol. The largest absolute Gasteiger partial charge is 0.350 e. The van der Waals surface area contributed by atoms with E-state index in [-0.39, 0.29) is 12.4 Å². The molecule has 2 aromatic rings. The van der Waals surface area contributed by atoms with Gasteiger partial charge in [-0.25, -0.2) is 12.8 Å². The monoisotopic (exact) mass is 350 g/mol. The molecule has 1 atom stereocenters. The van der Waals surface area contributed by atoms with Gasteiger partial charge in [0.15, 0.2) is 0 Å². The van der Waals surface area contributed by atoms with Gasteiger partial charge in [0.1, 0.15) is 11.9 Å². The van der Waals surface area contributed by atoms with Crippen LogP contribution in [0.15, 0.2) is 54.6 Å². The molecule has 128 valence electrons. The molecule has 24 heavy (non-hydrogen) atoms. The Labute approximate surface area is 141 Å². The zero-order chi connectivity index (χ0) is 17.7. The highest BCUT2D eigenvalue weighted by molar-refractivity contribution is 7.92. The van der Waals surface area contributed by atoms with E-state index in [1.807, 2.05) is 0 Å². The molecule has 0 aliphatic carbocycles. The highest BCUT2D eigenvalue weighted by Gasteiger charge is 2.28. The van der Waals surface area contributed by atoms with Crippen LogP contribution in [0.5, 0.6) is 0 Å². The standard InChI is InChI=1S/C17H19FN2O3S/c1-13(17(21)19-12-14-8-10-15(18)11-9-14)20(24(2,22)23)16-6-4-3-5-7-16/h3-11,13H,12H2,1-2H3,(H,19,21)/t13-/m1/s1. The number of carbonyl (C=O) groups is 1. The van der Waals surface area contributed by atoms with Crippen LogP contribution in [-0.2, 0) is 21.4 Å². The second kappa shape index (κ2) is 7.44. The first kappa shape index (κ1) is 17.9. The zero-order valence-corrected chi connectivity index (χ0v) is 14.3. The van der Waals surface area contributed by atoms with Crippen LogP contribution < -0.4 is 9.62 Å². The van der Waals surface area contributed by atoms with Gasteiger partial charge in [-0.3, -0.25) is 9.10 Å². The molecular formula is C17H19FN2O3S. The van der Waals surface area contributed by atoms with Crippen molar-refractivity contribution in [2.45, 2.75) is 19.5 Å².